The Kier molecular flexibility index (Phi) is 3.97. The number of hydrogen-bond donors (Lipinski definition) is 2. The standard InChI is InChI=1S/C12H16BrNO2/c1-8-6-9(4-5-10(8)13)14-12(2,3)7-11(15)16/h4-6,14H,7H2,1-3H3,(H,15,16). The van der Waals surface area contributed by atoms with E-state index in [9.17, 15) is 4.79 Å². The summed E-state index contributed by atoms with van der Waals surface area (Å²) in [5.74, 6) is -0.800. The summed E-state index contributed by atoms with van der Waals surface area (Å²) in [4.78, 5) is 10.7. The average molecular weight is 286 g/mol. The van der Waals surface area contributed by atoms with Crippen LogP contribution in [0.25, 0.3) is 0 Å². The van der Waals surface area contributed by atoms with Crippen LogP contribution in [-0.2, 0) is 4.79 Å². The molecule has 0 amide bonds. The van der Waals surface area contributed by atoms with E-state index in [4.69, 9.17) is 5.11 Å². The van der Waals surface area contributed by atoms with Crippen LogP contribution in [0.1, 0.15) is 25.8 Å². The van der Waals surface area contributed by atoms with Gasteiger partial charge in [-0.15, -0.1) is 0 Å². The lowest BCUT2D eigenvalue weighted by Crippen LogP contribution is -2.33. The Morgan fingerprint density at radius 2 is 2.12 bits per heavy atom. The second-order valence-electron chi connectivity index (χ2n) is 4.54. The summed E-state index contributed by atoms with van der Waals surface area (Å²) >= 11 is 3.43. The second kappa shape index (κ2) is 4.87. The monoisotopic (exact) mass is 285 g/mol. The quantitative estimate of drug-likeness (QED) is 0.891. The molecule has 1 aromatic rings. The molecule has 0 spiro atoms. The lowest BCUT2D eigenvalue weighted by Gasteiger charge is -2.26. The van der Waals surface area contributed by atoms with Crippen molar-refractivity contribution in [1.29, 1.82) is 0 Å². The van der Waals surface area contributed by atoms with Gasteiger partial charge in [-0.1, -0.05) is 15.9 Å². The minimum Gasteiger partial charge on any atom is -0.481 e. The summed E-state index contributed by atoms with van der Waals surface area (Å²) in [5.41, 5.74) is 1.61. The first-order valence-corrected chi connectivity index (χ1v) is 5.85. The summed E-state index contributed by atoms with van der Waals surface area (Å²) in [5, 5.41) is 12.0. The summed E-state index contributed by atoms with van der Waals surface area (Å²) in [6.07, 6.45) is 0.0854. The Morgan fingerprint density at radius 3 is 2.62 bits per heavy atom. The Hall–Kier alpha value is -1.03. The van der Waals surface area contributed by atoms with Gasteiger partial charge in [0.05, 0.1) is 6.42 Å². The Bertz CT molecular complexity index is 402. The van der Waals surface area contributed by atoms with Gasteiger partial charge in [-0.25, -0.2) is 0 Å². The zero-order chi connectivity index (χ0) is 12.3. The number of carbonyl (C=O) groups is 1. The molecule has 88 valence electrons. The largest absolute Gasteiger partial charge is 0.481 e. The van der Waals surface area contributed by atoms with Crippen molar-refractivity contribution < 1.29 is 9.90 Å². The highest BCUT2D eigenvalue weighted by molar-refractivity contribution is 9.10. The van der Waals surface area contributed by atoms with Crippen LogP contribution < -0.4 is 5.32 Å². The van der Waals surface area contributed by atoms with Crippen LogP contribution in [-0.4, -0.2) is 16.6 Å². The second-order valence-corrected chi connectivity index (χ2v) is 5.40. The number of nitrogens with one attached hydrogen (secondary N) is 1. The van der Waals surface area contributed by atoms with E-state index in [-0.39, 0.29) is 6.42 Å². The molecule has 0 bridgehead atoms. The summed E-state index contributed by atoms with van der Waals surface area (Å²) in [6, 6.07) is 5.88. The van der Waals surface area contributed by atoms with E-state index in [1.807, 2.05) is 39.0 Å². The van der Waals surface area contributed by atoms with Crippen LogP contribution in [0.4, 0.5) is 5.69 Å². The minimum absolute atomic E-state index is 0.0854. The van der Waals surface area contributed by atoms with Crippen LogP contribution >= 0.6 is 15.9 Å². The Labute approximate surface area is 104 Å². The van der Waals surface area contributed by atoms with Crippen molar-refractivity contribution in [2.45, 2.75) is 32.7 Å². The molecule has 0 saturated carbocycles. The zero-order valence-corrected chi connectivity index (χ0v) is 11.3. The number of aryl methyl sites for hydroxylation is 1. The van der Waals surface area contributed by atoms with E-state index in [1.54, 1.807) is 0 Å². The highest BCUT2D eigenvalue weighted by Gasteiger charge is 2.21. The molecule has 0 saturated heterocycles. The molecule has 1 rings (SSSR count). The van der Waals surface area contributed by atoms with Gasteiger partial charge in [0.15, 0.2) is 0 Å². The number of carboxylic acid groups (broad SMARTS) is 1. The topological polar surface area (TPSA) is 49.3 Å². The third-order valence-electron chi connectivity index (χ3n) is 2.23. The summed E-state index contributed by atoms with van der Waals surface area (Å²) in [6.45, 7) is 5.75. The smallest absolute Gasteiger partial charge is 0.305 e. The van der Waals surface area contributed by atoms with Crippen LogP contribution in [0.5, 0.6) is 0 Å². The van der Waals surface area contributed by atoms with Gasteiger partial charge in [0, 0.05) is 15.7 Å². The fraction of sp³-hybridized carbons (Fsp3) is 0.417. The molecule has 4 heteroatoms. The molecule has 0 aromatic heterocycles. The van der Waals surface area contributed by atoms with Gasteiger partial charge in [-0.3, -0.25) is 4.79 Å². The fourth-order valence-corrected chi connectivity index (χ4v) is 1.78. The van der Waals surface area contributed by atoms with Gasteiger partial charge in [0.1, 0.15) is 0 Å². The van der Waals surface area contributed by atoms with Gasteiger partial charge in [-0.2, -0.15) is 0 Å². The van der Waals surface area contributed by atoms with Gasteiger partial charge < -0.3 is 10.4 Å². The van der Waals surface area contributed by atoms with Crippen molar-refractivity contribution in [3.05, 3.63) is 28.2 Å². The predicted molar refractivity (Wildman–Crippen MR) is 68.8 cm³/mol. The highest BCUT2D eigenvalue weighted by atomic mass is 79.9. The zero-order valence-electron chi connectivity index (χ0n) is 9.67. The molecule has 2 N–H and O–H groups in total. The van der Waals surface area contributed by atoms with Crippen LogP contribution in [0, 0.1) is 6.92 Å². The molecule has 0 unspecified atom stereocenters. The Balaban J connectivity index is 2.79. The molecule has 0 atom stereocenters. The third-order valence-corrected chi connectivity index (χ3v) is 3.12. The summed E-state index contributed by atoms with van der Waals surface area (Å²) < 4.78 is 1.05. The van der Waals surface area contributed by atoms with Crippen molar-refractivity contribution in [3.8, 4) is 0 Å². The van der Waals surface area contributed by atoms with Gasteiger partial charge in [0.2, 0.25) is 0 Å². The van der Waals surface area contributed by atoms with Gasteiger partial charge in [0.25, 0.3) is 0 Å². The van der Waals surface area contributed by atoms with Crippen molar-refractivity contribution in [1.82, 2.24) is 0 Å². The normalized spacial score (nSPS) is 11.2. The Morgan fingerprint density at radius 1 is 1.50 bits per heavy atom. The molecule has 0 heterocycles. The fourth-order valence-electron chi connectivity index (χ4n) is 1.54. The van der Waals surface area contributed by atoms with Crippen LogP contribution in [0.2, 0.25) is 0 Å². The maximum Gasteiger partial charge on any atom is 0.305 e. The number of carboxylic acids is 1. The molecule has 0 aliphatic heterocycles. The molecule has 0 radical (unpaired) electrons. The highest BCUT2D eigenvalue weighted by Crippen LogP contribution is 2.23. The maximum atomic E-state index is 10.7. The van der Waals surface area contributed by atoms with Crippen LogP contribution in [0.3, 0.4) is 0 Å². The third kappa shape index (κ3) is 3.85. The lowest BCUT2D eigenvalue weighted by molar-refractivity contribution is -0.137. The number of aliphatic carboxylic acids is 1. The average Bonchev–Trinajstić information content (AvgIpc) is 2.08. The van der Waals surface area contributed by atoms with Crippen molar-refractivity contribution in [2.24, 2.45) is 0 Å². The first-order chi connectivity index (χ1) is 7.30. The predicted octanol–water partition coefficient (Wildman–Crippen LogP) is 3.42. The lowest BCUT2D eigenvalue weighted by atomic mass is 10.00. The number of anilines is 1. The molecule has 0 aliphatic carbocycles. The van der Waals surface area contributed by atoms with Gasteiger partial charge in [-0.05, 0) is 44.5 Å². The van der Waals surface area contributed by atoms with Crippen LogP contribution in [0.15, 0.2) is 22.7 Å². The molecular weight excluding hydrogens is 270 g/mol. The summed E-state index contributed by atoms with van der Waals surface area (Å²) in [7, 11) is 0. The van der Waals surface area contributed by atoms with Crippen molar-refractivity contribution in [2.75, 3.05) is 5.32 Å². The molecular formula is C12H16BrNO2. The number of halogens is 1. The molecule has 0 aliphatic rings. The van der Waals surface area contributed by atoms with Crippen molar-refractivity contribution in [3.63, 3.8) is 0 Å². The first-order valence-electron chi connectivity index (χ1n) is 5.06. The number of hydrogen-bond acceptors (Lipinski definition) is 2. The van der Waals surface area contributed by atoms with E-state index in [0.29, 0.717) is 0 Å². The number of benzene rings is 1. The molecule has 1 aromatic carbocycles. The van der Waals surface area contributed by atoms with E-state index >= 15 is 0 Å². The minimum atomic E-state index is -0.800. The maximum absolute atomic E-state index is 10.7. The van der Waals surface area contributed by atoms with E-state index in [0.717, 1.165) is 15.7 Å². The molecule has 3 nitrogen and oxygen atoms in total. The van der Waals surface area contributed by atoms with Gasteiger partial charge >= 0.3 is 5.97 Å². The van der Waals surface area contributed by atoms with E-state index in [1.165, 1.54) is 0 Å². The molecule has 16 heavy (non-hydrogen) atoms. The SMILES string of the molecule is Cc1cc(NC(C)(C)CC(=O)O)ccc1Br. The van der Waals surface area contributed by atoms with E-state index < -0.39 is 11.5 Å². The first kappa shape index (κ1) is 13.0. The number of rotatable bonds is 4. The van der Waals surface area contributed by atoms with E-state index in [2.05, 4.69) is 21.2 Å². The van der Waals surface area contributed by atoms with Crippen molar-refractivity contribution >= 4 is 27.6 Å². The molecule has 0 fully saturated rings.